The van der Waals surface area contributed by atoms with Gasteiger partial charge in [0.2, 0.25) is 5.91 Å². The molecule has 10 heteroatoms. The van der Waals surface area contributed by atoms with Gasteiger partial charge in [0, 0.05) is 17.6 Å². The van der Waals surface area contributed by atoms with Crippen molar-refractivity contribution in [2.75, 3.05) is 18.1 Å². The van der Waals surface area contributed by atoms with Crippen LogP contribution in [0.3, 0.4) is 0 Å². The van der Waals surface area contributed by atoms with Crippen LogP contribution < -0.4 is 16.0 Å². The highest BCUT2D eigenvalue weighted by molar-refractivity contribution is 8.00. The molecule has 0 bridgehead atoms. The zero-order valence-electron chi connectivity index (χ0n) is 16.2. The van der Waals surface area contributed by atoms with Gasteiger partial charge in [-0.2, -0.15) is 0 Å². The fraction of sp³-hybridized carbons (Fsp3) is 0.200. The van der Waals surface area contributed by atoms with Crippen LogP contribution >= 0.6 is 11.8 Å². The van der Waals surface area contributed by atoms with Crippen molar-refractivity contribution in [2.24, 2.45) is 0 Å². The Bertz CT molecular complexity index is 936. The Morgan fingerprint density at radius 1 is 1.07 bits per heavy atom. The van der Waals surface area contributed by atoms with E-state index in [2.05, 4.69) is 10.6 Å². The van der Waals surface area contributed by atoms with Crippen LogP contribution in [-0.4, -0.2) is 42.7 Å². The SMILES string of the molecule is CNC(=O)NC(=O)C(C)OC(=O)c1ccccc1SCC(=O)Nc1ccc(F)cc1. The van der Waals surface area contributed by atoms with Crippen molar-refractivity contribution in [2.45, 2.75) is 17.9 Å². The summed E-state index contributed by atoms with van der Waals surface area (Å²) in [4.78, 5) is 48.1. The fourth-order valence-electron chi connectivity index (χ4n) is 2.19. The molecule has 0 aliphatic carbocycles. The topological polar surface area (TPSA) is 114 Å². The Hall–Kier alpha value is -3.40. The molecule has 1 atom stereocenters. The molecule has 30 heavy (non-hydrogen) atoms. The molecule has 0 heterocycles. The van der Waals surface area contributed by atoms with Crippen LogP contribution in [0.1, 0.15) is 17.3 Å². The lowest BCUT2D eigenvalue weighted by Gasteiger charge is -2.14. The van der Waals surface area contributed by atoms with E-state index < -0.39 is 29.8 Å². The minimum Gasteiger partial charge on any atom is -0.449 e. The molecule has 1 unspecified atom stereocenters. The quantitative estimate of drug-likeness (QED) is 0.457. The van der Waals surface area contributed by atoms with Gasteiger partial charge in [0.1, 0.15) is 5.82 Å². The summed E-state index contributed by atoms with van der Waals surface area (Å²) in [5, 5.41) is 6.87. The normalized spacial score (nSPS) is 11.2. The van der Waals surface area contributed by atoms with Gasteiger partial charge in [-0.05, 0) is 43.3 Å². The smallest absolute Gasteiger partial charge is 0.340 e. The van der Waals surface area contributed by atoms with Gasteiger partial charge < -0.3 is 15.4 Å². The van der Waals surface area contributed by atoms with Gasteiger partial charge in [0.25, 0.3) is 5.91 Å². The van der Waals surface area contributed by atoms with E-state index in [1.165, 1.54) is 44.3 Å². The van der Waals surface area contributed by atoms with Gasteiger partial charge in [-0.3, -0.25) is 14.9 Å². The zero-order chi connectivity index (χ0) is 22.1. The number of nitrogens with one attached hydrogen (secondary N) is 3. The van der Waals surface area contributed by atoms with Crippen molar-refractivity contribution in [3.8, 4) is 0 Å². The van der Waals surface area contributed by atoms with E-state index in [1.54, 1.807) is 18.2 Å². The zero-order valence-corrected chi connectivity index (χ0v) is 17.0. The maximum Gasteiger partial charge on any atom is 0.340 e. The van der Waals surface area contributed by atoms with Gasteiger partial charge in [-0.1, -0.05) is 12.1 Å². The van der Waals surface area contributed by atoms with Crippen LogP contribution in [0.4, 0.5) is 14.9 Å². The summed E-state index contributed by atoms with van der Waals surface area (Å²) in [6.45, 7) is 1.34. The Kier molecular flexibility index (Phi) is 8.36. The van der Waals surface area contributed by atoms with E-state index in [1.807, 2.05) is 5.32 Å². The number of hydrogen-bond acceptors (Lipinski definition) is 6. The molecule has 0 fully saturated rings. The second kappa shape index (κ2) is 11.0. The number of halogens is 1. The minimum atomic E-state index is -1.20. The van der Waals surface area contributed by atoms with Crippen LogP contribution in [0.2, 0.25) is 0 Å². The third kappa shape index (κ3) is 6.89. The number of urea groups is 1. The molecule has 0 aliphatic rings. The third-order valence-electron chi connectivity index (χ3n) is 3.71. The molecule has 2 aromatic rings. The number of carbonyl (C=O) groups is 4. The first-order chi connectivity index (χ1) is 14.3. The molecule has 0 aliphatic heterocycles. The lowest BCUT2D eigenvalue weighted by Crippen LogP contribution is -2.43. The predicted octanol–water partition coefficient (Wildman–Crippen LogP) is 2.56. The maximum atomic E-state index is 12.9. The van der Waals surface area contributed by atoms with E-state index in [9.17, 15) is 23.6 Å². The summed E-state index contributed by atoms with van der Waals surface area (Å²) >= 11 is 1.10. The van der Waals surface area contributed by atoms with Gasteiger partial charge in [-0.15, -0.1) is 11.8 Å². The number of amides is 4. The van der Waals surface area contributed by atoms with Crippen LogP contribution in [0.25, 0.3) is 0 Å². The van der Waals surface area contributed by atoms with Crippen LogP contribution in [0.15, 0.2) is 53.4 Å². The number of esters is 1. The number of thioether (sulfide) groups is 1. The number of benzene rings is 2. The van der Waals surface area contributed by atoms with Gasteiger partial charge >= 0.3 is 12.0 Å². The first kappa shape index (κ1) is 22.9. The van der Waals surface area contributed by atoms with Crippen LogP contribution in [-0.2, 0) is 14.3 Å². The number of carbonyl (C=O) groups excluding carboxylic acids is 4. The van der Waals surface area contributed by atoms with E-state index in [0.717, 1.165) is 11.8 Å². The van der Waals surface area contributed by atoms with Crippen molar-refractivity contribution in [3.63, 3.8) is 0 Å². The molecule has 0 saturated heterocycles. The van der Waals surface area contributed by atoms with Crippen molar-refractivity contribution >= 4 is 41.3 Å². The summed E-state index contributed by atoms with van der Waals surface area (Å²) in [5.41, 5.74) is 0.627. The fourth-order valence-corrected chi connectivity index (χ4v) is 3.03. The van der Waals surface area contributed by atoms with Gasteiger partial charge in [0.05, 0.1) is 11.3 Å². The molecule has 158 valence electrons. The average molecular weight is 433 g/mol. The number of rotatable bonds is 7. The second-order valence-corrected chi connectivity index (χ2v) is 6.97. The highest BCUT2D eigenvalue weighted by Crippen LogP contribution is 2.24. The largest absolute Gasteiger partial charge is 0.449 e. The first-order valence-corrected chi connectivity index (χ1v) is 9.79. The first-order valence-electron chi connectivity index (χ1n) is 8.81. The predicted molar refractivity (Wildman–Crippen MR) is 110 cm³/mol. The molecular weight excluding hydrogens is 413 g/mol. The summed E-state index contributed by atoms with van der Waals surface area (Å²) < 4.78 is 18.0. The third-order valence-corrected chi connectivity index (χ3v) is 4.78. The van der Waals surface area contributed by atoms with E-state index in [0.29, 0.717) is 10.6 Å². The van der Waals surface area contributed by atoms with E-state index >= 15 is 0 Å². The molecule has 8 nitrogen and oxygen atoms in total. The summed E-state index contributed by atoms with van der Waals surface area (Å²) in [6.07, 6.45) is -1.20. The van der Waals surface area contributed by atoms with E-state index in [-0.39, 0.29) is 17.2 Å². The standard InChI is InChI=1S/C20H20FN3O5S/c1-12(18(26)24-20(28)22-2)29-19(27)15-5-3-4-6-16(15)30-11-17(25)23-14-9-7-13(21)8-10-14/h3-10,12H,11H2,1-2H3,(H,23,25)(H2,22,24,26,28). The monoisotopic (exact) mass is 433 g/mol. The van der Waals surface area contributed by atoms with E-state index in [4.69, 9.17) is 4.74 Å². The Labute approximate surface area is 176 Å². The van der Waals surface area contributed by atoms with Gasteiger partial charge in [0.15, 0.2) is 6.10 Å². The van der Waals surface area contributed by atoms with Crippen LogP contribution in [0, 0.1) is 5.82 Å². The number of ether oxygens (including phenoxy) is 1. The highest BCUT2D eigenvalue weighted by Gasteiger charge is 2.22. The summed E-state index contributed by atoms with van der Waals surface area (Å²) in [7, 11) is 1.35. The molecular formula is C20H20FN3O5S. The minimum absolute atomic E-state index is 0.00557. The maximum absolute atomic E-state index is 12.9. The number of anilines is 1. The Morgan fingerprint density at radius 2 is 1.73 bits per heavy atom. The molecule has 0 spiro atoms. The lowest BCUT2D eigenvalue weighted by molar-refractivity contribution is -0.127. The molecule has 0 saturated carbocycles. The van der Waals surface area contributed by atoms with Crippen molar-refractivity contribution in [1.82, 2.24) is 10.6 Å². The Morgan fingerprint density at radius 3 is 2.40 bits per heavy atom. The molecule has 2 aromatic carbocycles. The highest BCUT2D eigenvalue weighted by atomic mass is 32.2. The second-order valence-electron chi connectivity index (χ2n) is 5.96. The molecule has 4 amide bonds. The Balaban J connectivity index is 1.96. The van der Waals surface area contributed by atoms with Crippen molar-refractivity contribution in [1.29, 1.82) is 0 Å². The molecule has 3 N–H and O–H groups in total. The summed E-state index contributed by atoms with van der Waals surface area (Å²) in [6, 6.07) is 11.1. The molecule has 0 aromatic heterocycles. The van der Waals surface area contributed by atoms with Crippen molar-refractivity contribution < 1.29 is 28.3 Å². The molecule has 2 rings (SSSR count). The average Bonchev–Trinajstić information content (AvgIpc) is 2.73. The van der Waals surface area contributed by atoms with Crippen molar-refractivity contribution in [3.05, 3.63) is 59.9 Å². The number of imide groups is 1. The van der Waals surface area contributed by atoms with Crippen LogP contribution in [0.5, 0.6) is 0 Å². The number of hydrogen-bond donors (Lipinski definition) is 3. The molecule has 0 radical (unpaired) electrons. The van der Waals surface area contributed by atoms with Gasteiger partial charge in [-0.25, -0.2) is 14.0 Å². The lowest BCUT2D eigenvalue weighted by atomic mass is 10.2. The summed E-state index contributed by atoms with van der Waals surface area (Å²) in [5.74, 6) is -2.29.